The van der Waals surface area contributed by atoms with Gasteiger partial charge in [-0.1, -0.05) is 48.5 Å². The molecule has 1 amide bonds. The first-order valence-corrected chi connectivity index (χ1v) is 9.80. The van der Waals surface area contributed by atoms with Crippen LogP contribution in [0, 0.1) is 14.9 Å². The van der Waals surface area contributed by atoms with Crippen molar-refractivity contribution in [1.82, 2.24) is 4.90 Å². The lowest BCUT2D eigenvalue weighted by Crippen LogP contribution is -2.22. The first kappa shape index (κ1) is 19.9. The summed E-state index contributed by atoms with van der Waals surface area (Å²) in [4.78, 5) is 13.4. The van der Waals surface area contributed by atoms with Gasteiger partial charge in [0.05, 0.1) is 3.57 Å². The van der Waals surface area contributed by atoms with E-state index in [1.54, 1.807) is 20.2 Å². The number of ether oxygens (including phenoxy) is 1. The van der Waals surface area contributed by atoms with Gasteiger partial charge in [0, 0.05) is 14.1 Å². The van der Waals surface area contributed by atoms with Crippen LogP contribution in [0.25, 0.3) is 16.8 Å². The van der Waals surface area contributed by atoms with Gasteiger partial charge in [-0.3, -0.25) is 4.79 Å². The van der Waals surface area contributed by atoms with Gasteiger partial charge in [0.25, 0.3) is 5.91 Å². The fourth-order valence-corrected chi connectivity index (χ4v) is 3.54. The highest BCUT2D eigenvalue weighted by atomic mass is 127. The predicted molar refractivity (Wildman–Crippen MR) is 120 cm³/mol. The number of carbonyl (C=O) groups excluding carboxylic acids is 1. The van der Waals surface area contributed by atoms with Gasteiger partial charge in [-0.25, -0.2) is 0 Å². The van der Waals surface area contributed by atoms with Gasteiger partial charge in [0.15, 0.2) is 0 Å². The van der Waals surface area contributed by atoms with Crippen molar-refractivity contribution in [1.29, 1.82) is 5.26 Å². The van der Waals surface area contributed by atoms with E-state index in [0.717, 1.165) is 20.4 Å². The standard InChI is InChI=1S/C23H19IN2O2/c1-26(2)23(27)19(14-25)12-16-10-11-22(21(24)13-16)28-15-18-8-5-7-17-6-3-4-9-20(17)18/h3-13H,15H2,1-2H3/b19-12-. The smallest absolute Gasteiger partial charge is 0.264 e. The lowest BCUT2D eigenvalue weighted by molar-refractivity contribution is -0.124. The average Bonchev–Trinajstić information content (AvgIpc) is 2.70. The number of amides is 1. The number of halogens is 1. The van der Waals surface area contributed by atoms with Crippen molar-refractivity contribution >= 4 is 45.3 Å². The fourth-order valence-electron chi connectivity index (χ4n) is 2.85. The van der Waals surface area contributed by atoms with Gasteiger partial charge < -0.3 is 9.64 Å². The Labute approximate surface area is 178 Å². The Hall–Kier alpha value is -2.85. The summed E-state index contributed by atoms with van der Waals surface area (Å²) < 4.78 is 6.95. The Balaban J connectivity index is 1.79. The molecule has 0 bridgehead atoms. The van der Waals surface area contributed by atoms with E-state index in [-0.39, 0.29) is 11.5 Å². The van der Waals surface area contributed by atoms with Crippen molar-refractivity contribution < 1.29 is 9.53 Å². The molecule has 0 saturated heterocycles. The molecule has 0 aliphatic rings. The number of nitriles is 1. The van der Waals surface area contributed by atoms with Crippen molar-refractivity contribution in [2.45, 2.75) is 6.61 Å². The van der Waals surface area contributed by atoms with E-state index in [2.05, 4.69) is 46.9 Å². The van der Waals surface area contributed by atoms with E-state index >= 15 is 0 Å². The van der Waals surface area contributed by atoms with Gasteiger partial charge in [0.2, 0.25) is 0 Å². The Morgan fingerprint density at radius 1 is 1.14 bits per heavy atom. The third kappa shape index (κ3) is 4.52. The normalized spacial score (nSPS) is 11.1. The van der Waals surface area contributed by atoms with Crippen LogP contribution < -0.4 is 4.74 Å². The number of nitrogens with zero attached hydrogens (tertiary/aromatic N) is 2. The number of rotatable bonds is 5. The average molecular weight is 482 g/mol. The van der Waals surface area contributed by atoms with Crippen molar-refractivity contribution in [3.05, 3.63) is 80.9 Å². The van der Waals surface area contributed by atoms with E-state index in [1.807, 2.05) is 42.5 Å². The van der Waals surface area contributed by atoms with Crippen molar-refractivity contribution in [3.8, 4) is 11.8 Å². The number of hydrogen-bond donors (Lipinski definition) is 0. The second-order valence-corrected chi connectivity index (χ2v) is 7.65. The van der Waals surface area contributed by atoms with Crippen molar-refractivity contribution in [2.24, 2.45) is 0 Å². The van der Waals surface area contributed by atoms with Gasteiger partial charge in [-0.05, 0) is 62.7 Å². The molecule has 28 heavy (non-hydrogen) atoms. The Kier molecular flexibility index (Phi) is 6.32. The second-order valence-electron chi connectivity index (χ2n) is 6.49. The zero-order valence-corrected chi connectivity index (χ0v) is 17.8. The summed E-state index contributed by atoms with van der Waals surface area (Å²) in [6, 6.07) is 22.0. The highest BCUT2D eigenvalue weighted by molar-refractivity contribution is 14.1. The third-order valence-electron chi connectivity index (χ3n) is 4.29. The lowest BCUT2D eigenvalue weighted by Gasteiger charge is -2.11. The number of hydrogen-bond acceptors (Lipinski definition) is 3. The maximum absolute atomic E-state index is 12.0. The molecule has 0 unspecified atom stereocenters. The van der Waals surface area contributed by atoms with Gasteiger partial charge in [-0.15, -0.1) is 0 Å². The SMILES string of the molecule is CN(C)C(=O)/C(C#N)=C\c1ccc(OCc2cccc3ccccc23)c(I)c1. The minimum atomic E-state index is -0.311. The molecule has 140 valence electrons. The summed E-state index contributed by atoms with van der Waals surface area (Å²) in [5, 5.41) is 11.6. The van der Waals surface area contributed by atoms with Crippen LogP contribution in [0.1, 0.15) is 11.1 Å². The van der Waals surface area contributed by atoms with E-state index in [9.17, 15) is 10.1 Å². The van der Waals surface area contributed by atoms with Crippen molar-refractivity contribution in [3.63, 3.8) is 0 Å². The first-order valence-electron chi connectivity index (χ1n) is 8.72. The molecule has 0 aliphatic carbocycles. The number of carbonyl (C=O) groups is 1. The van der Waals surface area contributed by atoms with Gasteiger partial charge >= 0.3 is 0 Å². The summed E-state index contributed by atoms with van der Waals surface area (Å²) in [5.41, 5.74) is 2.01. The van der Waals surface area contributed by atoms with Crippen LogP contribution in [-0.4, -0.2) is 24.9 Å². The lowest BCUT2D eigenvalue weighted by atomic mass is 10.1. The van der Waals surface area contributed by atoms with Crippen LogP contribution >= 0.6 is 22.6 Å². The number of benzene rings is 3. The largest absolute Gasteiger partial charge is 0.488 e. The molecule has 0 spiro atoms. The molecule has 3 rings (SSSR count). The monoisotopic (exact) mass is 482 g/mol. The van der Waals surface area contributed by atoms with Gasteiger partial charge in [-0.2, -0.15) is 5.26 Å². The molecule has 3 aromatic carbocycles. The molecule has 0 heterocycles. The van der Waals surface area contributed by atoms with E-state index < -0.39 is 0 Å². The van der Waals surface area contributed by atoms with E-state index in [4.69, 9.17) is 4.74 Å². The molecule has 0 atom stereocenters. The molecule has 4 nitrogen and oxygen atoms in total. The zero-order chi connectivity index (χ0) is 20.1. The van der Waals surface area contributed by atoms with Crippen LogP contribution in [0.4, 0.5) is 0 Å². The summed E-state index contributed by atoms with van der Waals surface area (Å²) in [7, 11) is 3.25. The maximum atomic E-state index is 12.0. The number of likely N-dealkylation sites (N-methyl/N-ethyl adjacent to an activating group) is 1. The van der Waals surface area contributed by atoms with Crippen molar-refractivity contribution in [2.75, 3.05) is 14.1 Å². The van der Waals surface area contributed by atoms with E-state index in [0.29, 0.717) is 6.61 Å². The highest BCUT2D eigenvalue weighted by Crippen LogP contribution is 2.26. The summed E-state index contributed by atoms with van der Waals surface area (Å²) in [5.74, 6) is 0.455. The Morgan fingerprint density at radius 2 is 1.89 bits per heavy atom. The molecular formula is C23H19IN2O2. The quantitative estimate of drug-likeness (QED) is 0.292. The Morgan fingerprint density at radius 3 is 2.61 bits per heavy atom. The summed E-state index contributed by atoms with van der Waals surface area (Å²) >= 11 is 2.20. The molecule has 0 fully saturated rings. The molecular weight excluding hydrogens is 463 g/mol. The third-order valence-corrected chi connectivity index (χ3v) is 5.13. The van der Waals surface area contributed by atoms with Crippen LogP contribution in [0.2, 0.25) is 0 Å². The topological polar surface area (TPSA) is 53.3 Å². The maximum Gasteiger partial charge on any atom is 0.264 e. The molecule has 0 aromatic heterocycles. The molecule has 0 aliphatic heterocycles. The second kappa shape index (κ2) is 8.89. The molecule has 0 saturated carbocycles. The fraction of sp³-hybridized carbons (Fsp3) is 0.130. The van der Waals surface area contributed by atoms with Crippen LogP contribution in [-0.2, 0) is 11.4 Å². The minimum absolute atomic E-state index is 0.102. The van der Waals surface area contributed by atoms with Crippen LogP contribution in [0.5, 0.6) is 5.75 Å². The summed E-state index contributed by atoms with van der Waals surface area (Å²) in [6.07, 6.45) is 1.60. The zero-order valence-electron chi connectivity index (χ0n) is 15.6. The molecule has 0 N–H and O–H groups in total. The predicted octanol–water partition coefficient (Wildman–Crippen LogP) is 5.02. The van der Waals surface area contributed by atoms with Gasteiger partial charge in [0.1, 0.15) is 24.0 Å². The molecule has 5 heteroatoms. The van der Waals surface area contributed by atoms with Crippen LogP contribution in [0.3, 0.4) is 0 Å². The van der Waals surface area contributed by atoms with Crippen LogP contribution in [0.15, 0.2) is 66.2 Å². The molecule has 3 aromatic rings. The molecule has 0 radical (unpaired) electrons. The first-order chi connectivity index (χ1) is 13.5. The number of fused-ring (bicyclic) bond motifs is 1. The summed E-state index contributed by atoms with van der Waals surface area (Å²) in [6.45, 7) is 0.467. The Bertz CT molecular complexity index is 1090. The highest BCUT2D eigenvalue weighted by Gasteiger charge is 2.12. The minimum Gasteiger partial charge on any atom is -0.488 e. The van der Waals surface area contributed by atoms with E-state index in [1.165, 1.54) is 15.7 Å².